The van der Waals surface area contributed by atoms with Crippen molar-refractivity contribution in [3.63, 3.8) is 0 Å². The van der Waals surface area contributed by atoms with Crippen LogP contribution in [0.1, 0.15) is 63.9 Å². The zero-order chi connectivity index (χ0) is 21.1. The van der Waals surface area contributed by atoms with Crippen molar-refractivity contribution in [3.05, 3.63) is 47.9 Å². The van der Waals surface area contributed by atoms with Crippen molar-refractivity contribution < 1.29 is 9.47 Å². The van der Waals surface area contributed by atoms with Crippen LogP contribution in [-0.2, 0) is 11.2 Å². The number of hydrogen-bond acceptors (Lipinski definition) is 4. The van der Waals surface area contributed by atoms with Gasteiger partial charge in [0.25, 0.3) is 0 Å². The van der Waals surface area contributed by atoms with Gasteiger partial charge in [0.15, 0.2) is 10.9 Å². The van der Waals surface area contributed by atoms with E-state index in [2.05, 4.69) is 30.4 Å². The van der Waals surface area contributed by atoms with Crippen molar-refractivity contribution in [2.75, 3.05) is 20.3 Å². The molecule has 1 saturated carbocycles. The average Bonchev–Trinajstić information content (AvgIpc) is 3.19. The minimum absolute atomic E-state index is 0.196. The number of aromatic nitrogens is 1. The summed E-state index contributed by atoms with van der Waals surface area (Å²) in [5, 5.41) is 3.77. The Kier molecular flexibility index (Phi) is 10.0. The maximum Gasteiger partial charge on any atom is 0.171 e. The van der Waals surface area contributed by atoms with Crippen LogP contribution in [0.2, 0.25) is 5.15 Å². The van der Waals surface area contributed by atoms with Crippen LogP contribution >= 0.6 is 11.6 Å². The normalized spacial score (nSPS) is 19.9. The monoisotopic (exact) mass is 420 g/mol. The molecule has 0 radical (unpaired) electrons. The molecular formula is C24H37ClN2O2. The molecule has 1 aromatic heterocycles. The number of hydrogen-bond donors (Lipinski definition) is 1. The summed E-state index contributed by atoms with van der Waals surface area (Å²) in [5.74, 6) is 1.25. The second kappa shape index (κ2) is 12.2. The molecule has 0 amide bonds. The lowest BCUT2D eigenvalue weighted by Gasteiger charge is -2.39. The van der Waals surface area contributed by atoms with Gasteiger partial charge in [0, 0.05) is 31.0 Å². The lowest BCUT2D eigenvalue weighted by atomic mass is 9.83. The van der Waals surface area contributed by atoms with Gasteiger partial charge < -0.3 is 14.8 Å². The molecule has 5 heteroatoms. The molecule has 29 heavy (non-hydrogen) atoms. The van der Waals surface area contributed by atoms with Gasteiger partial charge in [-0.15, -0.1) is 6.58 Å². The summed E-state index contributed by atoms with van der Waals surface area (Å²) in [6.45, 7) is 11.8. The molecular weight excluding hydrogens is 384 g/mol. The second-order valence-corrected chi connectivity index (χ2v) is 8.42. The number of halogens is 1. The van der Waals surface area contributed by atoms with E-state index >= 15 is 0 Å². The summed E-state index contributed by atoms with van der Waals surface area (Å²) >= 11 is 5.79. The Morgan fingerprint density at radius 2 is 2.21 bits per heavy atom. The Morgan fingerprint density at radius 3 is 2.86 bits per heavy atom. The predicted molar refractivity (Wildman–Crippen MR) is 122 cm³/mol. The summed E-state index contributed by atoms with van der Waals surface area (Å²) in [6.07, 6.45) is 14.5. The minimum Gasteiger partial charge on any atom is -0.494 e. The largest absolute Gasteiger partial charge is 0.494 e. The van der Waals surface area contributed by atoms with Gasteiger partial charge in [-0.25, -0.2) is 4.98 Å². The highest BCUT2D eigenvalue weighted by Crippen LogP contribution is 2.43. The Morgan fingerprint density at radius 1 is 1.45 bits per heavy atom. The number of nitrogens with one attached hydrogen (secondary N) is 1. The van der Waals surface area contributed by atoms with E-state index in [-0.39, 0.29) is 5.60 Å². The molecule has 2 fully saturated rings. The maximum absolute atomic E-state index is 6.02. The van der Waals surface area contributed by atoms with Gasteiger partial charge in [0.05, 0.1) is 12.7 Å². The van der Waals surface area contributed by atoms with Crippen molar-refractivity contribution in [2.45, 2.75) is 70.3 Å². The van der Waals surface area contributed by atoms with Gasteiger partial charge >= 0.3 is 0 Å². The summed E-state index contributed by atoms with van der Waals surface area (Å²) in [4.78, 5) is 4.04. The van der Waals surface area contributed by atoms with Crippen molar-refractivity contribution >= 4 is 11.6 Å². The number of unbranched alkanes of at least 4 members (excludes halogenated alkanes) is 1. The Bertz CT molecular complexity index is 656. The smallest absolute Gasteiger partial charge is 0.171 e. The zero-order valence-electron chi connectivity index (χ0n) is 18.1. The highest BCUT2D eigenvalue weighted by molar-refractivity contribution is 6.30. The minimum atomic E-state index is 0.196. The third-order valence-electron chi connectivity index (χ3n) is 5.88. The molecule has 1 spiro atoms. The second-order valence-electron chi connectivity index (χ2n) is 8.06. The van der Waals surface area contributed by atoms with Crippen molar-refractivity contribution in [1.29, 1.82) is 0 Å². The molecule has 1 aliphatic carbocycles. The molecule has 1 saturated heterocycles. The van der Waals surface area contributed by atoms with Gasteiger partial charge in [-0.05, 0) is 50.2 Å². The average molecular weight is 421 g/mol. The first-order valence-corrected chi connectivity index (χ1v) is 11.3. The lowest BCUT2D eigenvalue weighted by molar-refractivity contribution is -0.0876. The maximum atomic E-state index is 6.02. The van der Waals surface area contributed by atoms with E-state index in [9.17, 15) is 0 Å². The van der Waals surface area contributed by atoms with Crippen LogP contribution in [-0.4, -0.2) is 30.8 Å². The third-order valence-corrected chi connectivity index (χ3v) is 6.16. The van der Waals surface area contributed by atoms with Gasteiger partial charge in [-0.2, -0.15) is 0 Å². The number of rotatable bonds is 8. The lowest BCUT2D eigenvalue weighted by Crippen LogP contribution is -2.39. The van der Waals surface area contributed by atoms with Crippen LogP contribution in [0.25, 0.3) is 0 Å². The molecule has 1 aliphatic heterocycles. The van der Waals surface area contributed by atoms with Gasteiger partial charge in [0.2, 0.25) is 0 Å². The number of nitrogens with zero attached hydrogens (tertiary/aromatic N) is 1. The fraction of sp³-hybridized carbons (Fsp3) is 0.625. The molecule has 0 unspecified atom stereocenters. The van der Waals surface area contributed by atoms with Crippen LogP contribution in [0.15, 0.2) is 37.2 Å². The molecule has 1 atom stereocenters. The van der Waals surface area contributed by atoms with E-state index in [0.717, 1.165) is 32.4 Å². The molecule has 2 heterocycles. The molecule has 4 nitrogen and oxygen atoms in total. The Hall–Kier alpha value is -1.52. The molecule has 3 rings (SSSR count). The summed E-state index contributed by atoms with van der Waals surface area (Å²) in [5.41, 5.74) is 2.56. The van der Waals surface area contributed by atoms with Crippen LogP contribution < -0.4 is 10.1 Å². The molecule has 1 N–H and O–H groups in total. The molecule has 1 aromatic rings. The van der Waals surface area contributed by atoms with E-state index in [1.165, 1.54) is 49.8 Å². The van der Waals surface area contributed by atoms with Gasteiger partial charge in [0.1, 0.15) is 0 Å². The highest BCUT2D eigenvalue weighted by Gasteiger charge is 2.40. The standard InChI is InChI=1S/C14H23NO.C10H14ClNO/c1-3-9-15-12(2)13-6-10-16-14(11-13)7-4-5-8-14;1-3-4-5-8-6-9(13-2)10(11)12-7-8/h3,13,15H,1-2,4-11H2;6-7H,3-5H2,1-2H3/t13-;/m1./s1. The first-order valence-electron chi connectivity index (χ1n) is 10.9. The SMILES string of the molecule is C=CCNC(=C)[C@@H]1CCOC2(CCCC2)C1.CCCCc1cnc(Cl)c(OC)c1. The predicted octanol–water partition coefficient (Wildman–Crippen LogP) is 6.10. The summed E-state index contributed by atoms with van der Waals surface area (Å²) in [7, 11) is 1.60. The number of pyridine rings is 1. The highest BCUT2D eigenvalue weighted by atomic mass is 35.5. The zero-order valence-corrected chi connectivity index (χ0v) is 18.9. The molecule has 0 aromatic carbocycles. The fourth-order valence-corrected chi connectivity index (χ4v) is 4.35. The summed E-state index contributed by atoms with van der Waals surface area (Å²) in [6, 6.07) is 1.95. The van der Waals surface area contributed by atoms with E-state index in [1.807, 2.05) is 12.1 Å². The van der Waals surface area contributed by atoms with E-state index < -0.39 is 0 Å². The van der Waals surface area contributed by atoms with Gasteiger partial charge in [-0.3, -0.25) is 0 Å². The van der Waals surface area contributed by atoms with Crippen LogP contribution in [0, 0.1) is 5.92 Å². The molecule has 162 valence electrons. The van der Waals surface area contributed by atoms with Crippen molar-refractivity contribution in [1.82, 2.24) is 10.3 Å². The molecule has 2 aliphatic rings. The van der Waals surface area contributed by atoms with E-state index in [4.69, 9.17) is 21.1 Å². The number of methoxy groups -OCH3 is 1. The first-order chi connectivity index (χ1) is 14.0. The fourth-order valence-electron chi connectivity index (χ4n) is 4.17. The number of allylic oxidation sites excluding steroid dienone is 1. The molecule has 0 bridgehead atoms. The van der Waals surface area contributed by atoms with E-state index in [1.54, 1.807) is 13.3 Å². The van der Waals surface area contributed by atoms with Gasteiger partial charge in [-0.1, -0.05) is 50.4 Å². The Balaban J connectivity index is 0.000000212. The van der Waals surface area contributed by atoms with E-state index in [0.29, 0.717) is 16.8 Å². The van der Waals surface area contributed by atoms with Crippen LogP contribution in [0.5, 0.6) is 5.75 Å². The quantitative estimate of drug-likeness (QED) is 0.407. The van der Waals surface area contributed by atoms with Crippen molar-refractivity contribution in [3.8, 4) is 5.75 Å². The third kappa shape index (κ3) is 7.35. The number of ether oxygens (including phenoxy) is 2. The van der Waals surface area contributed by atoms with Crippen molar-refractivity contribution in [2.24, 2.45) is 5.92 Å². The van der Waals surface area contributed by atoms with Crippen LogP contribution in [0.3, 0.4) is 0 Å². The Labute approximate surface area is 181 Å². The summed E-state index contributed by atoms with van der Waals surface area (Å²) < 4.78 is 11.1. The number of aryl methyl sites for hydroxylation is 1. The van der Waals surface area contributed by atoms with Crippen LogP contribution in [0.4, 0.5) is 0 Å². The topological polar surface area (TPSA) is 43.4 Å². The first kappa shape index (κ1) is 23.8.